The van der Waals surface area contributed by atoms with E-state index in [4.69, 9.17) is 16.3 Å². The summed E-state index contributed by atoms with van der Waals surface area (Å²) < 4.78 is 6.03. The summed E-state index contributed by atoms with van der Waals surface area (Å²) in [6.07, 6.45) is 0. The van der Waals surface area contributed by atoms with E-state index < -0.39 is 5.92 Å². The Hall–Kier alpha value is -3.29. The molecule has 4 rings (SSSR count). The van der Waals surface area contributed by atoms with Crippen molar-refractivity contribution in [1.82, 2.24) is 5.32 Å². The van der Waals surface area contributed by atoms with Gasteiger partial charge in [0.05, 0.1) is 5.92 Å². The Kier molecular flexibility index (Phi) is 4.31. The van der Waals surface area contributed by atoms with Crippen LogP contribution in [0.3, 0.4) is 0 Å². The zero-order valence-electron chi connectivity index (χ0n) is 14.5. The molecule has 1 heterocycles. The molecule has 132 valence electrons. The van der Waals surface area contributed by atoms with Crippen molar-refractivity contribution in [2.75, 3.05) is 0 Å². The summed E-state index contributed by atoms with van der Waals surface area (Å²) in [5, 5.41) is 15.0. The number of rotatable bonds is 2. The number of ether oxygens (including phenoxy) is 1. The SMILES string of the molecule is CC(=O)NC1=C(C#N)C(c2ccccc2Cl)c2ccc3ccccc3c2O1. The molecule has 3 aromatic rings. The van der Waals surface area contributed by atoms with Crippen molar-refractivity contribution in [3.05, 3.63) is 88.3 Å². The number of carbonyl (C=O) groups excluding carboxylic acids is 1. The van der Waals surface area contributed by atoms with Gasteiger partial charge in [-0.15, -0.1) is 0 Å². The first-order chi connectivity index (χ1) is 13.1. The largest absolute Gasteiger partial charge is 0.439 e. The fourth-order valence-electron chi connectivity index (χ4n) is 3.45. The van der Waals surface area contributed by atoms with E-state index in [1.807, 2.05) is 54.6 Å². The lowest BCUT2D eigenvalue weighted by Crippen LogP contribution is -2.29. The molecule has 0 radical (unpaired) electrons. The zero-order valence-corrected chi connectivity index (χ0v) is 15.2. The van der Waals surface area contributed by atoms with Crippen molar-refractivity contribution < 1.29 is 9.53 Å². The van der Waals surface area contributed by atoms with Crippen molar-refractivity contribution in [3.8, 4) is 11.8 Å². The molecule has 1 amide bonds. The second kappa shape index (κ2) is 6.79. The van der Waals surface area contributed by atoms with E-state index in [9.17, 15) is 10.1 Å². The first-order valence-corrected chi connectivity index (χ1v) is 8.83. The molecule has 0 aromatic heterocycles. The smallest absolute Gasteiger partial charge is 0.223 e. The Labute approximate surface area is 161 Å². The van der Waals surface area contributed by atoms with Crippen LogP contribution >= 0.6 is 11.6 Å². The van der Waals surface area contributed by atoms with Gasteiger partial charge in [-0.1, -0.05) is 66.2 Å². The highest BCUT2D eigenvalue weighted by Gasteiger charge is 2.34. The third-order valence-corrected chi connectivity index (χ3v) is 4.93. The molecule has 1 N–H and O–H groups in total. The molecule has 3 aromatic carbocycles. The van der Waals surface area contributed by atoms with E-state index in [2.05, 4.69) is 11.4 Å². The summed E-state index contributed by atoms with van der Waals surface area (Å²) in [5.74, 6) is 0.0396. The van der Waals surface area contributed by atoms with Crippen LogP contribution in [0.4, 0.5) is 0 Å². The number of halogens is 1. The summed E-state index contributed by atoms with van der Waals surface area (Å²) in [5.41, 5.74) is 1.95. The molecule has 5 heteroatoms. The molecule has 4 nitrogen and oxygen atoms in total. The summed E-state index contributed by atoms with van der Waals surface area (Å²) in [4.78, 5) is 11.7. The Bertz CT molecular complexity index is 1140. The van der Waals surface area contributed by atoms with Crippen LogP contribution in [0, 0.1) is 11.3 Å². The predicted octanol–water partition coefficient (Wildman–Crippen LogP) is 4.89. The van der Waals surface area contributed by atoms with Crippen molar-refractivity contribution >= 4 is 28.3 Å². The second-order valence-electron chi connectivity index (χ2n) is 6.30. The van der Waals surface area contributed by atoms with E-state index >= 15 is 0 Å². The number of nitrogens with zero attached hydrogens (tertiary/aromatic N) is 1. The third kappa shape index (κ3) is 2.92. The lowest BCUT2D eigenvalue weighted by atomic mass is 9.82. The minimum absolute atomic E-state index is 0.152. The Morgan fingerprint density at radius 3 is 2.56 bits per heavy atom. The van der Waals surface area contributed by atoms with Gasteiger partial charge in [-0.2, -0.15) is 5.26 Å². The van der Waals surface area contributed by atoms with Gasteiger partial charge >= 0.3 is 0 Å². The van der Waals surface area contributed by atoms with Crippen LogP contribution in [0.5, 0.6) is 5.75 Å². The number of benzene rings is 3. The maximum absolute atomic E-state index is 11.7. The van der Waals surface area contributed by atoms with Gasteiger partial charge in [0.25, 0.3) is 0 Å². The molecule has 0 spiro atoms. The van der Waals surface area contributed by atoms with Gasteiger partial charge in [-0.25, -0.2) is 0 Å². The van der Waals surface area contributed by atoms with E-state index in [1.54, 1.807) is 6.07 Å². The van der Waals surface area contributed by atoms with Crippen molar-refractivity contribution in [2.45, 2.75) is 12.8 Å². The summed E-state index contributed by atoms with van der Waals surface area (Å²) in [6, 6.07) is 21.4. The molecular formula is C22H15ClN2O2. The Morgan fingerprint density at radius 2 is 1.81 bits per heavy atom. The van der Waals surface area contributed by atoms with E-state index in [0.717, 1.165) is 21.9 Å². The molecule has 0 aliphatic carbocycles. The fourth-order valence-corrected chi connectivity index (χ4v) is 3.69. The Balaban J connectivity index is 2.04. The van der Waals surface area contributed by atoms with Crippen LogP contribution in [0.25, 0.3) is 10.8 Å². The van der Waals surface area contributed by atoms with Gasteiger partial charge in [0, 0.05) is 22.9 Å². The molecule has 27 heavy (non-hydrogen) atoms. The molecule has 1 atom stereocenters. The molecule has 1 unspecified atom stereocenters. The number of carbonyl (C=O) groups is 1. The lowest BCUT2D eigenvalue weighted by molar-refractivity contribution is -0.118. The third-order valence-electron chi connectivity index (χ3n) is 4.58. The van der Waals surface area contributed by atoms with E-state index in [-0.39, 0.29) is 11.8 Å². The van der Waals surface area contributed by atoms with E-state index in [0.29, 0.717) is 16.3 Å². The normalized spacial score (nSPS) is 15.7. The maximum Gasteiger partial charge on any atom is 0.223 e. The summed E-state index contributed by atoms with van der Waals surface area (Å²) in [7, 11) is 0. The predicted molar refractivity (Wildman–Crippen MR) is 104 cm³/mol. The molecule has 0 saturated heterocycles. The number of hydrogen-bond donors (Lipinski definition) is 1. The van der Waals surface area contributed by atoms with Crippen LogP contribution in [-0.4, -0.2) is 5.91 Å². The van der Waals surface area contributed by atoms with Crippen LogP contribution in [-0.2, 0) is 4.79 Å². The fraction of sp³-hybridized carbons (Fsp3) is 0.0909. The number of amides is 1. The van der Waals surface area contributed by atoms with Crippen LogP contribution in [0.1, 0.15) is 24.0 Å². The molecule has 1 aliphatic heterocycles. The average Bonchev–Trinajstić information content (AvgIpc) is 2.67. The van der Waals surface area contributed by atoms with Crippen LogP contribution in [0.2, 0.25) is 5.02 Å². The molecular weight excluding hydrogens is 360 g/mol. The topological polar surface area (TPSA) is 62.1 Å². The standard InChI is InChI=1S/C22H15ClN2O2/c1-13(26)25-22-18(12-24)20(16-8-4-5-9-19(16)23)17-11-10-14-6-2-3-7-15(14)21(17)27-22/h2-11,20H,1H3,(H,25,26). The number of nitrogens with one attached hydrogen (secondary N) is 1. The van der Waals surface area contributed by atoms with Gasteiger partial charge in [-0.05, 0) is 17.0 Å². The minimum atomic E-state index is -0.432. The van der Waals surface area contributed by atoms with Crippen molar-refractivity contribution in [2.24, 2.45) is 0 Å². The van der Waals surface area contributed by atoms with Crippen molar-refractivity contribution in [3.63, 3.8) is 0 Å². The van der Waals surface area contributed by atoms with Gasteiger partial charge < -0.3 is 4.74 Å². The average molecular weight is 375 g/mol. The number of fused-ring (bicyclic) bond motifs is 3. The highest BCUT2D eigenvalue weighted by atomic mass is 35.5. The molecule has 0 bridgehead atoms. The van der Waals surface area contributed by atoms with Gasteiger partial charge in [-0.3, -0.25) is 10.1 Å². The van der Waals surface area contributed by atoms with Gasteiger partial charge in [0.15, 0.2) is 0 Å². The monoisotopic (exact) mass is 374 g/mol. The van der Waals surface area contributed by atoms with Crippen LogP contribution < -0.4 is 10.1 Å². The molecule has 0 saturated carbocycles. The first kappa shape index (κ1) is 17.1. The number of hydrogen-bond acceptors (Lipinski definition) is 3. The summed E-state index contributed by atoms with van der Waals surface area (Å²) in [6.45, 7) is 1.38. The van der Waals surface area contributed by atoms with Crippen molar-refractivity contribution in [1.29, 1.82) is 5.26 Å². The molecule has 1 aliphatic rings. The highest BCUT2D eigenvalue weighted by Crippen LogP contribution is 2.47. The lowest BCUT2D eigenvalue weighted by Gasteiger charge is -2.29. The molecule has 0 fully saturated rings. The van der Waals surface area contributed by atoms with Gasteiger partial charge in [0.1, 0.15) is 17.4 Å². The second-order valence-corrected chi connectivity index (χ2v) is 6.70. The Morgan fingerprint density at radius 1 is 1.07 bits per heavy atom. The first-order valence-electron chi connectivity index (χ1n) is 8.46. The van der Waals surface area contributed by atoms with E-state index in [1.165, 1.54) is 6.92 Å². The van der Waals surface area contributed by atoms with Crippen LogP contribution in [0.15, 0.2) is 72.1 Å². The number of nitriles is 1. The maximum atomic E-state index is 11.7. The highest BCUT2D eigenvalue weighted by molar-refractivity contribution is 6.31. The van der Waals surface area contributed by atoms with Gasteiger partial charge in [0.2, 0.25) is 11.8 Å². The number of allylic oxidation sites excluding steroid dienone is 1. The zero-order chi connectivity index (χ0) is 19.0. The quantitative estimate of drug-likeness (QED) is 0.694. The summed E-state index contributed by atoms with van der Waals surface area (Å²) >= 11 is 6.46. The minimum Gasteiger partial charge on any atom is -0.439 e.